The maximum absolute atomic E-state index is 13.7. The van der Waals surface area contributed by atoms with E-state index in [9.17, 15) is 8.78 Å². The summed E-state index contributed by atoms with van der Waals surface area (Å²) >= 11 is 0. The minimum Gasteiger partial charge on any atom is -0.384 e. The second kappa shape index (κ2) is 4.77. The SMILES string of the molecule is Nc1cc(-c2ccccc2F)nn1-c1ccc(F)cc1. The molecule has 0 atom stereocenters. The van der Waals surface area contributed by atoms with Gasteiger partial charge in [0.15, 0.2) is 0 Å². The number of rotatable bonds is 2. The van der Waals surface area contributed by atoms with Crippen LogP contribution in [-0.4, -0.2) is 9.78 Å². The van der Waals surface area contributed by atoms with Crippen LogP contribution in [-0.2, 0) is 0 Å². The lowest BCUT2D eigenvalue weighted by Crippen LogP contribution is -2.01. The van der Waals surface area contributed by atoms with E-state index in [0.717, 1.165) is 0 Å². The molecule has 0 fully saturated rings. The first-order valence-electron chi connectivity index (χ1n) is 6.01. The molecule has 100 valence electrons. The molecule has 0 bridgehead atoms. The second-order valence-corrected chi connectivity index (χ2v) is 4.32. The number of nitrogens with zero attached hydrogens (tertiary/aromatic N) is 2. The zero-order chi connectivity index (χ0) is 14.1. The molecule has 2 aromatic carbocycles. The molecule has 1 aromatic heterocycles. The Morgan fingerprint density at radius 3 is 2.35 bits per heavy atom. The van der Waals surface area contributed by atoms with Crippen LogP contribution in [0, 0.1) is 11.6 Å². The van der Waals surface area contributed by atoms with Crippen LogP contribution < -0.4 is 5.73 Å². The first-order valence-corrected chi connectivity index (χ1v) is 6.01. The van der Waals surface area contributed by atoms with Crippen molar-refractivity contribution in [2.24, 2.45) is 0 Å². The molecule has 3 aromatic rings. The van der Waals surface area contributed by atoms with Crippen molar-refractivity contribution in [3.05, 3.63) is 66.2 Å². The van der Waals surface area contributed by atoms with Crippen LogP contribution in [0.25, 0.3) is 16.9 Å². The summed E-state index contributed by atoms with van der Waals surface area (Å²) in [6.45, 7) is 0. The van der Waals surface area contributed by atoms with E-state index in [1.807, 2.05) is 0 Å². The molecule has 0 amide bonds. The molecule has 5 heteroatoms. The largest absolute Gasteiger partial charge is 0.384 e. The third kappa shape index (κ3) is 2.14. The van der Waals surface area contributed by atoms with Crippen LogP contribution in [0.5, 0.6) is 0 Å². The number of nitrogens with two attached hydrogens (primary N) is 1. The molecule has 0 aliphatic carbocycles. The van der Waals surface area contributed by atoms with Gasteiger partial charge in [0.1, 0.15) is 17.5 Å². The van der Waals surface area contributed by atoms with E-state index < -0.39 is 0 Å². The van der Waals surface area contributed by atoms with E-state index in [0.29, 0.717) is 22.8 Å². The Hall–Kier alpha value is -2.69. The lowest BCUT2D eigenvalue weighted by Gasteiger charge is -2.03. The highest BCUT2D eigenvalue weighted by atomic mass is 19.1. The van der Waals surface area contributed by atoms with Gasteiger partial charge in [0.05, 0.1) is 11.4 Å². The third-order valence-electron chi connectivity index (χ3n) is 2.96. The lowest BCUT2D eigenvalue weighted by molar-refractivity contribution is 0.627. The van der Waals surface area contributed by atoms with E-state index in [1.165, 1.54) is 22.9 Å². The Morgan fingerprint density at radius 1 is 0.950 bits per heavy atom. The summed E-state index contributed by atoms with van der Waals surface area (Å²) in [6.07, 6.45) is 0. The predicted octanol–water partition coefficient (Wildman–Crippen LogP) is 3.40. The first-order chi connectivity index (χ1) is 9.65. The molecule has 0 saturated heterocycles. The normalized spacial score (nSPS) is 10.7. The van der Waals surface area contributed by atoms with E-state index in [4.69, 9.17) is 5.73 Å². The maximum atomic E-state index is 13.7. The Labute approximate surface area is 114 Å². The van der Waals surface area contributed by atoms with Gasteiger partial charge in [0.25, 0.3) is 0 Å². The van der Waals surface area contributed by atoms with Crippen LogP contribution in [0.15, 0.2) is 54.6 Å². The first kappa shape index (κ1) is 12.3. The zero-order valence-electron chi connectivity index (χ0n) is 10.4. The second-order valence-electron chi connectivity index (χ2n) is 4.32. The summed E-state index contributed by atoms with van der Waals surface area (Å²) in [7, 11) is 0. The summed E-state index contributed by atoms with van der Waals surface area (Å²) in [5, 5.41) is 4.27. The maximum Gasteiger partial charge on any atom is 0.132 e. The summed E-state index contributed by atoms with van der Waals surface area (Å²) in [4.78, 5) is 0. The average molecular weight is 271 g/mol. The van der Waals surface area contributed by atoms with Gasteiger partial charge in [-0.25, -0.2) is 13.5 Å². The molecule has 3 rings (SSSR count). The fourth-order valence-corrected chi connectivity index (χ4v) is 1.99. The molecular weight excluding hydrogens is 260 g/mol. The molecule has 0 aliphatic rings. The van der Waals surface area contributed by atoms with Gasteiger partial charge in [-0.2, -0.15) is 5.10 Å². The summed E-state index contributed by atoms with van der Waals surface area (Å²) in [5.74, 6) is -0.347. The topological polar surface area (TPSA) is 43.8 Å². The Balaban J connectivity index is 2.08. The fraction of sp³-hybridized carbons (Fsp3) is 0. The number of hydrogen-bond donors (Lipinski definition) is 1. The van der Waals surface area contributed by atoms with Crippen LogP contribution in [0.1, 0.15) is 0 Å². The standard InChI is InChI=1S/C15H11F2N3/c16-10-5-7-11(8-6-10)20-15(18)9-14(19-20)12-3-1-2-4-13(12)17/h1-9H,18H2. The van der Waals surface area contributed by atoms with Gasteiger partial charge >= 0.3 is 0 Å². The van der Waals surface area contributed by atoms with E-state index >= 15 is 0 Å². The summed E-state index contributed by atoms with van der Waals surface area (Å²) in [6, 6.07) is 13.7. The minimum atomic E-state index is -0.365. The molecular formula is C15H11F2N3. The Kier molecular flexibility index (Phi) is 2.95. The average Bonchev–Trinajstić information content (AvgIpc) is 2.82. The molecule has 0 unspecified atom stereocenters. The van der Waals surface area contributed by atoms with Crippen molar-refractivity contribution in [2.75, 3.05) is 5.73 Å². The van der Waals surface area contributed by atoms with Crippen molar-refractivity contribution < 1.29 is 8.78 Å². The van der Waals surface area contributed by atoms with Gasteiger partial charge in [-0.1, -0.05) is 12.1 Å². The molecule has 0 aliphatic heterocycles. The summed E-state index contributed by atoms with van der Waals surface area (Å²) < 4.78 is 28.1. The highest BCUT2D eigenvalue weighted by Crippen LogP contribution is 2.25. The number of aromatic nitrogens is 2. The van der Waals surface area contributed by atoms with Crippen LogP contribution in [0.2, 0.25) is 0 Å². The number of anilines is 1. The molecule has 2 N–H and O–H groups in total. The highest BCUT2D eigenvalue weighted by Gasteiger charge is 2.11. The van der Waals surface area contributed by atoms with E-state index in [1.54, 1.807) is 36.4 Å². The van der Waals surface area contributed by atoms with Gasteiger partial charge in [-0.15, -0.1) is 0 Å². The molecule has 0 saturated carbocycles. The van der Waals surface area contributed by atoms with Crippen molar-refractivity contribution in [1.29, 1.82) is 0 Å². The van der Waals surface area contributed by atoms with E-state index in [-0.39, 0.29) is 11.6 Å². The monoisotopic (exact) mass is 271 g/mol. The Morgan fingerprint density at radius 2 is 1.65 bits per heavy atom. The van der Waals surface area contributed by atoms with Crippen molar-refractivity contribution in [1.82, 2.24) is 9.78 Å². The molecule has 1 heterocycles. The Bertz CT molecular complexity index is 748. The van der Waals surface area contributed by atoms with Crippen molar-refractivity contribution in [3.8, 4) is 16.9 Å². The van der Waals surface area contributed by atoms with Crippen LogP contribution in [0.4, 0.5) is 14.6 Å². The number of hydrogen-bond acceptors (Lipinski definition) is 2. The van der Waals surface area contributed by atoms with E-state index in [2.05, 4.69) is 5.10 Å². The van der Waals surface area contributed by atoms with Gasteiger partial charge < -0.3 is 5.73 Å². The number of nitrogen functional groups attached to an aromatic ring is 1. The van der Waals surface area contributed by atoms with Gasteiger partial charge in [0.2, 0.25) is 0 Å². The number of benzene rings is 2. The van der Waals surface area contributed by atoms with Crippen LogP contribution >= 0.6 is 0 Å². The highest BCUT2D eigenvalue weighted by molar-refractivity contribution is 5.64. The molecule has 20 heavy (non-hydrogen) atoms. The van der Waals surface area contributed by atoms with Gasteiger partial charge in [0, 0.05) is 11.6 Å². The molecule has 0 spiro atoms. The third-order valence-corrected chi connectivity index (χ3v) is 2.96. The van der Waals surface area contributed by atoms with Gasteiger partial charge in [-0.3, -0.25) is 0 Å². The quantitative estimate of drug-likeness (QED) is 0.776. The lowest BCUT2D eigenvalue weighted by atomic mass is 10.1. The zero-order valence-corrected chi connectivity index (χ0v) is 10.4. The summed E-state index contributed by atoms with van der Waals surface area (Å²) in [5.41, 5.74) is 7.31. The molecule has 0 radical (unpaired) electrons. The van der Waals surface area contributed by atoms with Crippen molar-refractivity contribution in [3.63, 3.8) is 0 Å². The van der Waals surface area contributed by atoms with Crippen molar-refractivity contribution in [2.45, 2.75) is 0 Å². The van der Waals surface area contributed by atoms with Crippen molar-refractivity contribution >= 4 is 5.82 Å². The number of halogens is 2. The van der Waals surface area contributed by atoms with Crippen LogP contribution in [0.3, 0.4) is 0 Å². The van der Waals surface area contributed by atoms with Gasteiger partial charge in [-0.05, 0) is 36.4 Å². The smallest absolute Gasteiger partial charge is 0.132 e. The fourth-order valence-electron chi connectivity index (χ4n) is 1.99. The minimum absolute atomic E-state index is 0.339. The predicted molar refractivity (Wildman–Crippen MR) is 73.3 cm³/mol. The molecule has 3 nitrogen and oxygen atoms in total.